The Morgan fingerprint density at radius 1 is 1.03 bits per heavy atom. The molecule has 1 atom stereocenters. The second kappa shape index (κ2) is 8.38. The first-order valence-corrected chi connectivity index (χ1v) is 9.14. The quantitative estimate of drug-likeness (QED) is 0.640. The normalized spacial score (nSPS) is 13.2. The SMILES string of the molecule is CN(C)CCCN(C)c1cc(-c2cccc(C(O)C(F)(F)F)c2)cc2nonc12. The van der Waals surface area contributed by atoms with Gasteiger partial charge in [0.15, 0.2) is 11.6 Å². The van der Waals surface area contributed by atoms with Crippen LogP contribution in [-0.2, 0) is 0 Å². The number of benzene rings is 2. The molecule has 6 nitrogen and oxygen atoms in total. The summed E-state index contributed by atoms with van der Waals surface area (Å²) in [5.74, 6) is 0. The van der Waals surface area contributed by atoms with Crippen LogP contribution in [0, 0.1) is 0 Å². The molecule has 0 aliphatic rings. The van der Waals surface area contributed by atoms with Crippen molar-refractivity contribution in [1.82, 2.24) is 15.2 Å². The summed E-state index contributed by atoms with van der Waals surface area (Å²) in [7, 11) is 5.93. The van der Waals surface area contributed by atoms with Gasteiger partial charge in [-0.25, -0.2) is 4.63 Å². The van der Waals surface area contributed by atoms with Crippen LogP contribution in [0.25, 0.3) is 22.2 Å². The van der Waals surface area contributed by atoms with E-state index in [9.17, 15) is 18.3 Å². The highest BCUT2D eigenvalue weighted by Gasteiger charge is 2.39. The number of rotatable bonds is 7. The summed E-state index contributed by atoms with van der Waals surface area (Å²) in [6.07, 6.45) is -6.34. The first-order valence-electron chi connectivity index (χ1n) is 9.14. The third kappa shape index (κ3) is 4.86. The molecule has 0 radical (unpaired) electrons. The van der Waals surface area contributed by atoms with Gasteiger partial charge in [0.25, 0.3) is 0 Å². The van der Waals surface area contributed by atoms with E-state index in [-0.39, 0.29) is 5.56 Å². The van der Waals surface area contributed by atoms with Gasteiger partial charge in [-0.1, -0.05) is 18.2 Å². The van der Waals surface area contributed by atoms with Gasteiger partial charge in [-0.05, 0) is 72.3 Å². The fourth-order valence-electron chi connectivity index (χ4n) is 3.15. The fraction of sp³-hybridized carbons (Fsp3) is 0.400. The largest absolute Gasteiger partial charge is 0.418 e. The third-order valence-corrected chi connectivity index (χ3v) is 4.70. The molecule has 0 saturated carbocycles. The first-order chi connectivity index (χ1) is 13.7. The number of anilines is 1. The van der Waals surface area contributed by atoms with Gasteiger partial charge in [-0.2, -0.15) is 13.2 Å². The maximum atomic E-state index is 12.9. The standard InChI is InChI=1S/C20H23F3N4O2/c1-26(2)8-5-9-27(3)17-12-15(11-16-18(17)25-29-24-16)13-6-4-7-14(10-13)19(28)20(21,22)23/h4,6-7,10-12,19,28H,5,8-9H2,1-3H3. The van der Waals surface area contributed by atoms with Gasteiger partial charge in [0, 0.05) is 13.6 Å². The Morgan fingerprint density at radius 2 is 1.79 bits per heavy atom. The predicted molar refractivity (Wildman–Crippen MR) is 105 cm³/mol. The number of aromatic nitrogens is 2. The van der Waals surface area contributed by atoms with Crippen molar-refractivity contribution >= 4 is 16.7 Å². The molecule has 2 aromatic carbocycles. The Kier molecular flexibility index (Phi) is 6.09. The van der Waals surface area contributed by atoms with Crippen molar-refractivity contribution in [2.24, 2.45) is 0 Å². The molecule has 0 spiro atoms. The molecule has 1 unspecified atom stereocenters. The van der Waals surface area contributed by atoms with Crippen molar-refractivity contribution in [3.63, 3.8) is 0 Å². The smallest absolute Gasteiger partial charge is 0.379 e. The number of hydrogen-bond donors (Lipinski definition) is 1. The van der Waals surface area contributed by atoms with Gasteiger partial charge in [-0.15, -0.1) is 0 Å². The van der Waals surface area contributed by atoms with Crippen LogP contribution in [0.3, 0.4) is 0 Å². The summed E-state index contributed by atoms with van der Waals surface area (Å²) in [4.78, 5) is 4.11. The van der Waals surface area contributed by atoms with E-state index in [1.165, 1.54) is 18.2 Å². The summed E-state index contributed by atoms with van der Waals surface area (Å²) in [6.45, 7) is 1.68. The van der Waals surface area contributed by atoms with Gasteiger partial charge < -0.3 is 14.9 Å². The molecule has 0 aliphatic heterocycles. The molecule has 29 heavy (non-hydrogen) atoms. The average molecular weight is 408 g/mol. The van der Waals surface area contributed by atoms with Crippen molar-refractivity contribution < 1.29 is 22.9 Å². The lowest BCUT2D eigenvalue weighted by Gasteiger charge is -2.21. The highest BCUT2D eigenvalue weighted by atomic mass is 19.4. The first kappa shape index (κ1) is 21.1. The van der Waals surface area contributed by atoms with E-state index in [0.29, 0.717) is 22.2 Å². The lowest BCUT2D eigenvalue weighted by atomic mass is 9.99. The van der Waals surface area contributed by atoms with E-state index >= 15 is 0 Å². The molecule has 0 aliphatic carbocycles. The second-order valence-corrected chi connectivity index (χ2v) is 7.28. The Labute approximate surface area is 166 Å². The summed E-state index contributed by atoms with van der Waals surface area (Å²) in [6, 6.07) is 9.33. The zero-order chi connectivity index (χ0) is 21.2. The molecule has 1 aromatic heterocycles. The summed E-state index contributed by atoms with van der Waals surface area (Å²) >= 11 is 0. The summed E-state index contributed by atoms with van der Waals surface area (Å²) < 4.78 is 43.5. The zero-order valence-electron chi connectivity index (χ0n) is 16.4. The number of aliphatic hydroxyl groups excluding tert-OH is 1. The van der Waals surface area contributed by atoms with Gasteiger partial charge in [0.2, 0.25) is 0 Å². The molecular weight excluding hydrogens is 385 g/mol. The van der Waals surface area contributed by atoms with Crippen LogP contribution in [0.15, 0.2) is 41.0 Å². The van der Waals surface area contributed by atoms with Crippen molar-refractivity contribution in [2.45, 2.75) is 18.7 Å². The van der Waals surface area contributed by atoms with E-state index in [1.54, 1.807) is 12.1 Å². The molecule has 156 valence electrons. The van der Waals surface area contributed by atoms with Crippen molar-refractivity contribution in [3.05, 3.63) is 42.0 Å². The van der Waals surface area contributed by atoms with Crippen LogP contribution in [-0.4, -0.2) is 60.7 Å². The Hall–Kier alpha value is -2.65. The molecule has 3 aromatic rings. The minimum absolute atomic E-state index is 0.214. The predicted octanol–water partition coefficient (Wildman–Crippen LogP) is 3.87. The van der Waals surface area contributed by atoms with Crippen LogP contribution in [0.4, 0.5) is 18.9 Å². The highest BCUT2D eigenvalue weighted by molar-refractivity contribution is 5.92. The van der Waals surface area contributed by atoms with Crippen molar-refractivity contribution in [2.75, 3.05) is 39.1 Å². The molecule has 3 rings (SSSR count). The third-order valence-electron chi connectivity index (χ3n) is 4.70. The Morgan fingerprint density at radius 3 is 2.48 bits per heavy atom. The van der Waals surface area contributed by atoms with Crippen molar-refractivity contribution in [1.29, 1.82) is 0 Å². The molecule has 9 heteroatoms. The van der Waals surface area contributed by atoms with E-state index < -0.39 is 12.3 Å². The highest BCUT2D eigenvalue weighted by Crippen LogP contribution is 2.36. The number of nitrogens with zero attached hydrogens (tertiary/aromatic N) is 4. The lowest BCUT2D eigenvalue weighted by molar-refractivity contribution is -0.206. The number of aliphatic hydroxyl groups is 1. The van der Waals surface area contributed by atoms with E-state index in [2.05, 4.69) is 15.2 Å². The molecule has 0 amide bonds. The van der Waals surface area contributed by atoms with Crippen LogP contribution < -0.4 is 4.90 Å². The molecular formula is C20H23F3N4O2. The summed E-state index contributed by atoms with van der Waals surface area (Å²) in [5.41, 5.74) is 2.87. The average Bonchev–Trinajstić information content (AvgIpc) is 3.14. The molecule has 0 fully saturated rings. The molecule has 0 bridgehead atoms. The van der Waals surface area contributed by atoms with Crippen molar-refractivity contribution in [3.8, 4) is 11.1 Å². The fourth-order valence-corrected chi connectivity index (χ4v) is 3.15. The van der Waals surface area contributed by atoms with Crippen LogP contribution in [0.2, 0.25) is 0 Å². The van der Waals surface area contributed by atoms with Gasteiger partial charge in [-0.3, -0.25) is 0 Å². The van der Waals surface area contributed by atoms with Gasteiger partial charge in [0.1, 0.15) is 5.52 Å². The maximum Gasteiger partial charge on any atom is 0.418 e. The zero-order valence-corrected chi connectivity index (χ0v) is 16.4. The number of alkyl halides is 3. The van der Waals surface area contributed by atoms with Crippen LogP contribution >= 0.6 is 0 Å². The Bertz CT molecular complexity index is 972. The van der Waals surface area contributed by atoms with E-state index in [0.717, 1.165) is 25.2 Å². The lowest BCUT2D eigenvalue weighted by Crippen LogP contribution is -2.23. The van der Waals surface area contributed by atoms with Crippen LogP contribution in [0.1, 0.15) is 18.1 Å². The second-order valence-electron chi connectivity index (χ2n) is 7.28. The number of fused-ring (bicyclic) bond motifs is 1. The number of hydrogen-bond acceptors (Lipinski definition) is 6. The number of halogens is 3. The van der Waals surface area contributed by atoms with E-state index in [4.69, 9.17) is 4.63 Å². The minimum Gasteiger partial charge on any atom is -0.379 e. The molecule has 1 heterocycles. The molecule has 1 N–H and O–H groups in total. The van der Waals surface area contributed by atoms with Gasteiger partial charge >= 0.3 is 6.18 Å². The van der Waals surface area contributed by atoms with E-state index in [1.807, 2.05) is 32.1 Å². The van der Waals surface area contributed by atoms with Crippen LogP contribution in [0.5, 0.6) is 0 Å². The summed E-state index contributed by atoms with van der Waals surface area (Å²) in [5, 5.41) is 17.4. The topological polar surface area (TPSA) is 65.6 Å². The van der Waals surface area contributed by atoms with Gasteiger partial charge in [0.05, 0.1) is 5.69 Å². The monoisotopic (exact) mass is 408 g/mol. The Balaban J connectivity index is 1.97. The molecule has 0 saturated heterocycles. The maximum absolute atomic E-state index is 12.9. The minimum atomic E-state index is -4.73.